The van der Waals surface area contributed by atoms with E-state index in [9.17, 15) is 18.0 Å². The summed E-state index contributed by atoms with van der Waals surface area (Å²) in [6, 6.07) is 4.10. The Balaban J connectivity index is 2.00. The Morgan fingerprint density at radius 2 is 1.96 bits per heavy atom. The second-order valence-corrected chi connectivity index (χ2v) is 7.08. The third-order valence-electron chi connectivity index (χ3n) is 3.75. The highest BCUT2D eigenvalue weighted by atomic mass is 19.4. The third kappa shape index (κ3) is 4.79. The van der Waals surface area contributed by atoms with Gasteiger partial charge in [-0.15, -0.1) is 0 Å². The molecule has 2 rings (SSSR count). The zero-order chi connectivity index (χ0) is 18.1. The first-order valence-electron chi connectivity index (χ1n) is 7.88. The highest BCUT2D eigenvalue weighted by Gasteiger charge is 2.33. The first-order valence-corrected chi connectivity index (χ1v) is 7.88. The highest BCUT2D eigenvalue weighted by molar-refractivity contribution is 5.68. The Kier molecular flexibility index (Phi) is 5.01. The van der Waals surface area contributed by atoms with Crippen LogP contribution in [0.4, 0.5) is 23.7 Å². The van der Waals surface area contributed by atoms with Crippen molar-refractivity contribution in [2.45, 2.75) is 51.9 Å². The van der Waals surface area contributed by atoms with E-state index in [2.05, 4.69) is 5.32 Å². The van der Waals surface area contributed by atoms with E-state index in [1.807, 2.05) is 0 Å². The fourth-order valence-corrected chi connectivity index (χ4v) is 2.62. The number of amides is 1. The van der Waals surface area contributed by atoms with E-state index in [0.717, 1.165) is 6.07 Å². The molecule has 1 heterocycles. The summed E-state index contributed by atoms with van der Waals surface area (Å²) in [6.07, 6.45) is -4.11. The van der Waals surface area contributed by atoms with Crippen LogP contribution in [0.25, 0.3) is 0 Å². The van der Waals surface area contributed by atoms with Crippen LogP contribution in [0.3, 0.4) is 0 Å². The number of halogens is 3. The van der Waals surface area contributed by atoms with Crippen molar-refractivity contribution in [2.24, 2.45) is 0 Å². The third-order valence-corrected chi connectivity index (χ3v) is 3.75. The highest BCUT2D eigenvalue weighted by Crippen LogP contribution is 2.33. The van der Waals surface area contributed by atoms with Crippen LogP contribution >= 0.6 is 0 Å². The normalized spacial score (nSPS) is 18.6. The van der Waals surface area contributed by atoms with Gasteiger partial charge in [-0.2, -0.15) is 13.2 Å². The van der Waals surface area contributed by atoms with E-state index < -0.39 is 23.4 Å². The SMILES string of the molecule is Cc1ccc(NC2CCN(C(=O)OC(C)(C)C)C2)cc1C(F)(F)F. The number of hydrogen-bond acceptors (Lipinski definition) is 3. The molecule has 1 aromatic carbocycles. The van der Waals surface area contributed by atoms with Crippen LogP contribution in [0.2, 0.25) is 0 Å². The first-order chi connectivity index (χ1) is 11.0. The van der Waals surface area contributed by atoms with Gasteiger partial charge in [-0.1, -0.05) is 6.07 Å². The molecule has 1 fully saturated rings. The van der Waals surface area contributed by atoms with Crippen LogP contribution < -0.4 is 5.32 Å². The summed E-state index contributed by atoms with van der Waals surface area (Å²) in [5.74, 6) is 0. The first kappa shape index (κ1) is 18.4. The molecule has 4 nitrogen and oxygen atoms in total. The van der Waals surface area contributed by atoms with Gasteiger partial charge in [-0.25, -0.2) is 4.79 Å². The molecule has 0 saturated carbocycles. The minimum absolute atomic E-state index is 0.0960. The van der Waals surface area contributed by atoms with Crippen LogP contribution in [0, 0.1) is 6.92 Å². The Bertz CT molecular complexity index is 609. The van der Waals surface area contributed by atoms with Crippen molar-refractivity contribution >= 4 is 11.8 Å². The van der Waals surface area contributed by atoms with E-state index >= 15 is 0 Å². The van der Waals surface area contributed by atoms with E-state index in [4.69, 9.17) is 4.74 Å². The number of rotatable bonds is 2. The van der Waals surface area contributed by atoms with Crippen molar-refractivity contribution in [1.29, 1.82) is 0 Å². The van der Waals surface area contributed by atoms with Crippen LogP contribution in [0.15, 0.2) is 18.2 Å². The summed E-state index contributed by atoms with van der Waals surface area (Å²) in [5.41, 5.74) is -0.616. The van der Waals surface area contributed by atoms with Crippen molar-refractivity contribution in [3.05, 3.63) is 29.3 Å². The van der Waals surface area contributed by atoms with E-state index in [-0.39, 0.29) is 11.6 Å². The van der Waals surface area contributed by atoms with Crippen molar-refractivity contribution < 1.29 is 22.7 Å². The standard InChI is InChI=1S/C17H23F3N2O2/c1-11-5-6-12(9-14(11)17(18,19)20)21-13-7-8-22(10-13)15(23)24-16(2,3)4/h5-6,9,13,21H,7-8,10H2,1-4H3. The zero-order valence-electron chi connectivity index (χ0n) is 14.3. The molecule has 0 radical (unpaired) electrons. The van der Waals surface area contributed by atoms with E-state index in [1.54, 1.807) is 31.7 Å². The van der Waals surface area contributed by atoms with Gasteiger partial charge < -0.3 is 15.0 Å². The molecule has 1 aliphatic rings. The summed E-state index contributed by atoms with van der Waals surface area (Å²) in [7, 11) is 0. The van der Waals surface area contributed by atoms with Crippen LogP contribution in [0.1, 0.15) is 38.3 Å². The maximum atomic E-state index is 13.0. The Morgan fingerprint density at radius 1 is 1.29 bits per heavy atom. The summed E-state index contributed by atoms with van der Waals surface area (Å²) in [6.45, 7) is 7.74. The van der Waals surface area contributed by atoms with Crippen LogP contribution in [-0.2, 0) is 10.9 Å². The lowest BCUT2D eigenvalue weighted by molar-refractivity contribution is -0.138. The Hall–Kier alpha value is -1.92. The molecule has 0 spiro atoms. The monoisotopic (exact) mass is 344 g/mol. The number of carbonyl (C=O) groups excluding carboxylic acids is 1. The molecule has 7 heteroatoms. The minimum atomic E-state index is -4.38. The number of carbonyl (C=O) groups is 1. The molecule has 24 heavy (non-hydrogen) atoms. The summed E-state index contributed by atoms with van der Waals surface area (Å²) in [4.78, 5) is 13.6. The van der Waals surface area contributed by atoms with Gasteiger partial charge in [0.05, 0.1) is 5.56 Å². The molecule has 0 bridgehead atoms. The largest absolute Gasteiger partial charge is 0.444 e. The minimum Gasteiger partial charge on any atom is -0.444 e. The lowest BCUT2D eigenvalue weighted by Gasteiger charge is -2.24. The smallest absolute Gasteiger partial charge is 0.416 e. The molecule has 1 unspecified atom stereocenters. The number of nitrogens with one attached hydrogen (secondary N) is 1. The van der Waals surface area contributed by atoms with Gasteiger partial charge >= 0.3 is 12.3 Å². The number of hydrogen-bond donors (Lipinski definition) is 1. The van der Waals surface area contributed by atoms with Gasteiger partial charge in [-0.3, -0.25) is 0 Å². The quantitative estimate of drug-likeness (QED) is 0.863. The molecular formula is C17H23F3N2O2. The van der Waals surface area contributed by atoms with Crippen molar-refractivity contribution in [3.63, 3.8) is 0 Å². The average molecular weight is 344 g/mol. The molecule has 0 aliphatic carbocycles. The maximum absolute atomic E-state index is 13.0. The van der Waals surface area contributed by atoms with Gasteiger partial charge in [0, 0.05) is 24.8 Å². The number of alkyl halides is 3. The van der Waals surface area contributed by atoms with Gasteiger partial charge in [0.15, 0.2) is 0 Å². The molecule has 134 valence electrons. The number of benzene rings is 1. The average Bonchev–Trinajstić information content (AvgIpc) is 2.86. The number of nitrogens with zero attached hydrogens (tertiary/aromatic N) is 1. The van der Waals surface area contributed by atoms with Crippen LogP contribution in [0.5, 0.6) is 0 Å². The molecule has 0 aromatic heterocycles. The predicted octanol–water partition coefficient (Wildman–Crippen LogP) is 4.44. The summed E-state index contributed by atoms with van der Waals surface area (Å²) in [5, 5.41) is 3.08. The molecule has 1 saturated heterocycles. The summed E-state index contributed by atoms with van der Waals surface area (Å²) >= 11 is 0. The van der Waals surface area contributed by atoms with Gasteiger partial charge in [0.1, 0.15) is 5.60 Å². The lowest BCUT2D eigenvalue weighted by atomic mass is 10.1. The Morgan fingerprint density at radius 3 is 2.54 bits per heavy atom. The second-order valence-electron chi connectivity index (χ2n) is 7.08. The zero-order valence-corrected chi connectivity index (χ0v) is 14.3. The predicted molar refractivity (Wildman–Crippen MR) is 86.0 cm³/mol. The molecule has 1 aromatic rings. The topological polar surface area (TPSA) is 41.6 Å². The van der Waals surface area contributed by atoms with E-state index in [0.29, 0.717) is 25.2 Å². The Labute approximate surface area is 140 Å². The van der Waals surface area contributed by atoms with Crippen molar-refractivity contribution in [3.8, 4) is 0 Å². The number of anilines is 1. The van der Waals surface area contributed by atoms with Crippen molar-refractivity contribution in [2.75, 3.05) is 18.4 Å². The van der Waals surface area contributed by atoms with E-state index in [1.165, 1.54) is 13.0 Å². The van der Waals surface area contributed by atoms with Crippen molar-refractivity contribution in [1.82, 2.24) is 4.90 Å². The lowest BCUT2D eigenvalue weighted by Crippen LogP contribution is -2.36. The molecule has 1 atom stereocenters. The second kappa shape index (κ2) is 6.53. The van der Waals surface area contributed by atoms with Gasteiger partial charge in [0.25, 0.3) is 0 Å². The molecule has 1 amide bonds. The van der Waals surface area contributed by atoms with Crippen LogP contribution in [-0.4, -0.2) is 35.7 Å². The fraction of sp³-hybridized carbons (Fsp3) is 0.588. The number of aryl methyl sites for hydroxylation is 1. The molecular weight excluding hydrogens is 321 g/mol. The number of likely N-dealkylation sites (tertiary alicyclic amines) is 1. The number of ether oxygens (including phenoxy) is 1. The van der Waals surface area contributed by atoms with Gasteiger partial charge in [-0.05, 0) is 51.8 Å². The summed E-state index contributed by atoms with van der Waals surface area (Å²) < 4.78 is 44.2. The maximum Gasteiger partial charge on any atom is 0.416 e. The fourth-order valence-electron chi connectivity index (χ4n) is 2.62. The molecule has 1 N–H and O–H groups in total. The molecule has 1 aliphatic heterocycles. The van der Waals surface area contributed by atoms with Gasteiger partial charge in [0.2, 0.25) is 0 Å².